The van der Waals surface area contributed by atoms with Crippen LogP contribution in [0.1, 0.15) is 0 Å². The summed E-state index contributed by atoms with van der Waals surface area (Å²) >= 11 is 0. The van der Waals surface area contributed by atoms with Crippen LogP contribution in [-0.2, 0) is 0 Å². The molecule has 0 unspecified atom stereocenters. The van der Waals surface area contributed by atoms with Crippen LogP contribution in [0.25, 0.3) is 89.2 Å². The van der Waals surface area contributed by atoms with Crippen molar-refractivity contribution in [3.63, 3.8) is 0 Å². The van der Waals surface area contributed by atoms with Crippen LogP contribution in [-0.4, -0.2) is 24.1 Å². The second-order valence-electron chi connectivity index (χ2n) is 12.5. The molecule has 0 fully saturated rings. The van der Waals surface area contributed by atoms with E-state index < -0.39 is 0 Å². The first-order chi connectivity index (χ1) is 24.8. The monoisotopic (exact) mass is 639 g/mol. The first-order valence-electron chi connectivity index (χ1n) is 16.8. The fourth-order valence-corrected chi connectivity index (χ4v) is 7.33. The molecule has 3 aromatic heterocycles. The predicted molar refractivity (Wildman–Crippen MR) is 205 cm³/mol. The van der Waals surface area contributed by atoms with E-state index in [9.17, 15) is 0 Å². The second-order valence-corrected chi connectivity index (χ2v) is 12.5. The van der Waals surface area contributed by atoms with Crippen molar-refractivity contribution in [2.75, 3.05) is 0 Å². The topological polar surface area (TPSA) is 48.5 Å². The van der Waals surface area contributed by atoms with Crippen molar-refractivity contribution in [1.29, 1.82) is 0 Å². The van der Waals surface area contributed by atoms with Gasteiger partial charge in [0.15, 0.2) is 17.5 Å². The summed E-state index contributed by atoms with van der Waals surface area (Å²) in [5.41, 5.74) is 9.38. The Labute approximate surface area is 288 Å². The van der Waals surface area contributed by atoms with E-state index in [4.69, 9.17) is 15.0 Å². The zero-order valence-electron chi connectivity index (χ0n) is 27.0. The largest absolute Gasteiger partial charge is 0.309 e. The van der Waals surface area contributed by atoms with Crippen LogP contribution < -0.4 is 0 Å². The molecule has 0 spiro atoms. The van der Waals surface area contributed by atoms with Crippen molar-refractivity contribution in [2.24, 2.45) is 0 Å². The quantitative estimate of drug-likeness (QED) is 0.188. The third-order valence-corrected chi connectivity index (χ3v) is 9.57. The van der Waals surface area contributed by atoms with E-state index in [1.807, 2.05) is 36.4 Å². The zero-order valence-corrected chi connectivity index (χ0v) is 27.0. The molecule has 0 N–H and O–H groups in total. The van der Waals surface area contributed by atoms with Crippen LogP contribution in [0.4, 0.5) is 0 Å². The van der Waals surface area contributed by atoms with E-state index in [0.29, 0.717) is 17.5 Å². The van der Waals surface area contributed by atoms with Crippen LogP contribution in [0.3, 0.4) is 0 Å². The standard InChI is InChI=1S/C45H29N5/c1-4-16-30(17-5-1)43-46-44(31-18-6-2-7-19-31)48-45(47-43)37-29-41-36(35-24-12-13-25-38(35)49(41)32-20-8-3-9-21-32)28-42(37)50-39-26-14-10-22-33(39)34-23-11-15-27-40(34)50/h1-29H. The molecule has 0 saturated carbocycles. The lowest BCUT2D eigenvalue weighted by Gasteiger charge is -2.16. The predicted octanol–water partition coefficient (Wildman–Crippen LogP) is 11.1. The van der Waals surface area contributed by atoms with Crippen LogP contribution in [0.15, 0.2) is 176 Å². The minimum absolute atomic E-state index is 0.612. The number of fused-ring (bicyclic) bond motifs is 6. The summed E-state index contributed by atoms with van der Waals surface area (Å²) in [7, 11) is 0. The molecule has 0 radical (unpaired) electrons. The lowest BCUT2D eigenvalue weighted by Crippen LogP contribution is -2.04. The molecule has 5 nitrogen and oxygen atoms in total. The molecule has 10 rings (SSSR count). The average molecular weight is 640 g/mol. The summed E-state index contributed by atoms with van der Waals surface area (Å²) < 4.78 is 4.73. The SMILES string of the molecule is c1ccc(-c2nc(-c3ccccc3)nc(-c3cc4c(cc3-n3c5ccccc5c5ccccc53)c3ccccc3n4-c3ccccc3)n2)cc1. The zero-order chi connectivity index (χ0) is 33.0. The van der Waals surface area contributed by atoms with Gasteiger partial charge in [0.25, 0.3) is 0 Å². The Hall–Kier alpha value is -6.85. The maximum Gasteiger partial charge on any atom is 0.166 e. The summed E-state index contributed by atoms with van der Waals surface area (Å²) in [4.78, 5) is 15.5. The number of aromatic nitrogens is 5. The van der Waals surface area contributed by atoms with Crippen LogP contribution in [0.2, 0.25) is 0 Å². The molecule has 0 aliphatic heterocycles. The van der Waals surface area contributed by atoms with E-state index in [0.717, 1.165) is 55.5 Å². The third kappa shape index (κ3) is 4.45. The van der Waals surface area contributed by atoms with E-state index in [2.05, 4.69) is 149 Å². The highest BCUT2D eigenvalue weighted by Crippen LogP contribution is 2.41. The van der Waals surface area contributed by atoms with Gasteiger partial charge in [0, 0.05) is 43.9 Å². The fraction of sp³-hybridized carbons (Fsp3) is 0. The number of rotatable bonds is 5. The highest BCUT2D eigenvalue weighted by Gasteiger charge is 2.23. The molecule has 0 amide bonds. The first-order valence-corrected chi connectivity index (χ1v) is 16.8. The van der Waals surface area contributed by atoms with Crippen molar-refractivity contribution in [1.82, 2.24) is 24.1 Å². The molecule has 7 aromatic carbocycles. The number of benzene rings is 7. The number of para-hydroxylation sites is 4. The minimum Gasteiger partial charge on any atom is -0.309 e. The molecular formula is C45H29N5. The van der Waals surface area contributed by atoms with Crippen molar-refractivity contribution >= 4 is 43.6 Å². The van der Waals surface area contributed by atoms with Crippen LogP contribution in [0.5, 0.6) is 0 Å². The molecule has 0 aliphatic rings. The van der Waals surface area contributed by atoms with Crippen molar-refractivity contribution < 1.29 is 0 Å². The van der Waals surface area contributed by atoms with E-state index in [1.165, 1.54) is 16.2 Å². The van der Waals surface area contributed by atoms with E-state index >= 15 is 0 Å². The summed E-state index contributed by atoms with van der Waals surface area (Å²) in [5.74, 6) is 1.87. The van der Waals surface area contributed by atoms with Crippen molar-refractivity contribution in [3.05, 3.63) is 176 Å². The van der Waals surface area contributed by atoms with Crippen LogP contribution >= 0.6 is 0 Å². The third-order valence-electron chi connectivity index (χ3n) is 9.57. The molecule has 50 heavy (non-hydrogen) atoms. The van der Waals surface area contributed by atoms with Crippen molar-refractivity contribution in [3.8, 4) is 45.5 Å². The summed E-state index contributed by atoms with van der Waals surface area (Å²) in [5, 5.41) is 4.74. The van der Waals surface area contributed by atoms with Gasteiger partial charge in [-0.25, -0.2) is 15.0 Å². The van der Waals surface area contributed by atoms with Gasteiger partial charge in [0.05, 0.1) is 27.8 Å². The maximum absolute atomic E-state index is 5.25. The van der Waals surface area contributed by atoms with E-state index in [1.54, 1.807) is 0 Å². The molecule has 0 saturated heterocycles. The highest BCUT2D eigenvalue weighted by molar-refractivity contribution is 6.13. The maximum atomic E-state index is 5.25. The Balaban J connectivity index is 1.38. The number of nitrogens with zero attached hydrogens (tertiary/aromatic N) is 5. The first kappa shape index (κ1) is 28.2. The average Bonchev–Trinajstić information content (AvgIpc) is 3.70. The number of hydrogen-bond acceptors (Lipinski definition) is 3. The summed E-state index contributed by atoms with van der Waals surface area (Å²) in [6, 6.07) is 61.4. The lowest BCUT2D eigenvalue weighted by atomic mass is 10.1. The molecule has 5 heteroatoms. The van der Waals surface area contributed by atoms with Gasteiger partial charge in [-0.05, 0) is 42.5 Å². The summed E-state index contributed by atoms with van der Waals surface area (Å²) in [6.45, 7) is 0. The van der Waals surface area contributed by atoms with Gasteiger partial charge in [-0.3, -0.25) is 0 Å². The molecule has 0 aliphatic carbocycles. The Bertz CT molecular complexity index is 2740. The van der Waals surface area contributed by atoms with Gasteiger partial charge in [0.2, 0.25) is 0 Å². The van der Waals surface area contributed by atoms with Gasteiger partial charge in [-0.1, -0.05) is 133 Å². The molecule has 3 heterocycles. The highest BCUT2D eigenvalue weighted by atomic mass is 15.1. The summed E-state index contributed by atoms with van der Waals surface area (Å²) in [6.07, 6.45) is 0. The van der Waals surface area contributed by atoms with Crippen LogP contribution in [0, 0.1) is 0 Å². The smallest absolute Gasteiger partial charge is 0.166 e. The van der Waals surface area contributed by atoms with Gasteiger partial charge in [0.1, 0.15) is 0 Å². The Kier molecular flexibility index (Phi) is 6.42. The molecule has 234 valence electrons. The minimum atomic E-state index is 0.612. The second kappa shape index (κ2) is 11.4. The molecule has 10 aromatic rings. The van der Waals surface area contributed by atoms with Gasteiger partial charge in [-0.2, -0.15) is 0 Å². The fourth-order valence-electron chi connectivity index (χ4n) is 7.33. The Morgan fingerprint density at radius 3 is 1.28 bits per heavy atom. The lowest BCUT2D eigenvalue weighted by molar-refractivity contribution is 1.06. The van der Waals surface area contributed by atoms with Gasteiger partial charge in [-0.15, -0.1) is 0 Å². The van der Waals surface area contributed by atoms with Gasteiger partial charge >= 0.3 is 0 Å². The van der Waals surface area contributed by atoms with Crippen molar-refractivity contribution in [2.45, 2.75) is 0 Å². The molecular weight excluding hydrogens is 611 g/mol. The van der Waals surface area contributed by atoms with E-state index in [-0.39, 0.29) is 0 Å². The Morgan fingerprint density at radius 2 is 0.740 bits per heavy atom. The molecule has 0 atom stereocenters. The Morgan fingerprint density at radius 1 is 0.320 bits per heavy atom. The normalized spacial score (nSPS) is 11.6. The van der Waals surface area contributed by atoms with Gasteiger partial charge < -0.3 is 9.13 Å². The molecule has 0 bridgehead atoms. The number of hydrogen-bond donors (Lipinski definition) is 0.